The number of rotatable bonds is 0. The Morgan fingerprint density at radius 1 is 1.09 bits per heavy atom. The van der Waals surface area contributed by atoms with Crippen LogP contribution in [0.5, 0.6) is 0 Å². The summed E-state index contributed by atoms with van der Waals surface area (Å²) in [6.07, 6.45) is 0. The van der Waals surface area contributed by atoms with E-state index in [0.29, 0.717) is 0 Å². The van der Waals surface area contributed by atoms with Crippen molar-refractivity contribution in [2.45, 2.75) is 6.92 Å². The molecule has 1 aromatic carbocycles. The lowest BCUT2D eigenvalue weighted by molar-refractivity contribution is 1.66. The Bertz CT molecular complexity index is 374. The molecule has 0 aliphatic heterocycles. The Labute approximate surface area is 70.1 Å². The molecule has 1 heterocycles. The highest BCUT2D eigenvalue weighted by molar-refractivity contribution is 7.10. The van der Waals surface area contributed by atoms with E-state index in [1.807, 2.05) is 0 Å². The summed E-state index contributed by atoms with van der Waals surface area (Å²) < 4.78 is 0. The standard InChI is InChI=1S/C10H9S/c1-8-10-5-3-2-4-9(10)6-7-11-8/h2-7H,1H3/q+1. The predicted molar refractivity (Wildman–Crippen MR) is 51.0 cm³/mol. The second kappa shape index (κ2) is 2.59. The van der Waals surface area contributed by atoms with Crippen molar-refractivity contribution in [3.05, 3.63) is 40.6 Å². The minimum absolute atomic E-state index is 1.34. The largest absolute Gasteiger partial charge is 0.215 e. The number of aryl methyl sites for hydroxylation is 1. The number of hydrogen-bond donors (Lipinski definition) is 0. The summed E-state index contributed by atoms with van der Waals surface area (Å²) in [5.41, 5.74) is 0. The van der Waals surface area contributed by atoms with E-state index in [1.165, 1.54) is 15.6 Å². The average Bonchev–Trinajstić information content (AvgIpc) is 2.06. The zero-order valence-corrected chi connectivity index (χ0v) is 7.19. The molecule has 0 amide bonds. The van der Waals surface area contributed by atoms with Crippen molar-refractivity contribution in [1.82, 2.24) is 0 Å². The van der Waals surface area contributed by atoms with Gasteiger partial charge in [-0.25, -0.2) is 0 Å². The van der Waals surface area contributed by atoms with Crippen LogP contribution in [0.3, 0.4) is 0 Å². The van der Waals surface area contributed by atoms with Gasteiger partial charge in [0, 0.05) is 18.4 Å². The molecule has 2 rings (SSSR count). The van der Waals surface area contributed by atoms with E-state index < -0.39 is 0 Å². The lowest BCUT2D eigenvalue weighted by Gasteiger charge is -1.90. The van der Waals surface area contributed by atoms with Gasteiger partial charge in [0.1, 0.15) is 0 Å². The topological polar surface area (TPSA) is 0 Å². The summed E-state index contributed by atoms with van der Waals surface area (Å²) in [7, 11) is 0. The van der Waals surface area contributed by atoms with Gasteiger partial charge in [-0.15, -0.1) is 0 Å². The van der Waals surface area contributed by atoms with E-state index in [-0.39, 0.29) is 0 Å². The predicted octanol–water partition coefficient (Wildman–Crippen LogP) is 3.49. The van der Waals surface area contributed by atoms with Gasteiger partial charge in [0.15, 0.2) is 5.38 Å². The van der Waals surface area contributed by atoms with Crippen LogP contribution in [-0.2, 0) is 0 Å². The average molecular weight is 161 g/mol. The van der Waals surface area contributed by atoms with Crippen molar-refractivity contribution >= 4 is 22.1 Å². The SMILES string of the molecule is Cc1[s+]ccc2ccccc12. The van der Waals surface area contributed by atoms with Gasteiger partial charge in [-0.1, -0.05) is 18.2 Å². The van der Waals surface area contributed by atoms with Crippen molar-refractivity contribution in [2.75, 3.05) is 0 Å². The van der Waals surface area contributed by atoms with Crippen LogP contribution in [-0.4, -0.2) is 0 Å². The maximum atomic E-state index is 2.17. The molecule has 0 radical (unpaired) electrons. The third-order valence-corrected chi connectivity index (χ3v) is 2.68. The fraction of sp³-hybridized carbons (Fsp3) is 0.100. The van der Waals surface area contributed by atoms with Crippen molar-refractivity contribution in [3.63, 3.8) is 0 Å². The molecular weight excluding hydrogens is 152 g/mol. The molecule has 0 saturated heterocycles. The Balaban J connectivity index is 2.91. The van der Waals surface area contributed by atoms with E-state index in [1.54, 1.807) is 11.3 Å². The van der Waals surface area contributed by atoms with E-state index in [0.717, 1.165) is 0 Å². The molecule has 0 atom stereocenters. The Kier molecular flexibility index (Phi) is 1.59. The summed E-state index contributed by atoms with van der Waals surface area (Å²) in [5.74, 6) is 0. The molecule has 54 valence electrons. The van der Waals surface area contributed by atoms with Crippen LogP contribution in [0.15, 0.2) is 35.7 Å². The van der Waals surface area contributed by atoms with Gasteiger partial charge in [0.05, 0.1) is 0 Å². The summed E-state index contributed by atoms with van der Waals surface area (Å²) in [6.45, 7) is 2.16. The van der Waals surface area contributed by atoms with Crippen LogP contribution in [0.25, 0.3) is 10.8 Å². The van der Waals surface area contributed by atoms with Crippen LogP contribution in [0, 0.1) is 6.92 Å². The van der Waals surface area contributed by atoms with E-state index in [9.17, 15) is 0 Å². The van der Waals surface area contributed by atoms with Crippen LogP contribution in [0.2, 0.25) is 0 Å². The van der Waals surface area contributed by atoms with Gasteiger partial charge in [-0.2, -0.15) is 0 Å². The molecule has 2 aromatic rings. The molecule has 0 bridgehead atoms. The van der Waals surface area contributed by atoms with Gasteiger partial charge >= 0.3 is 0 Å². The van der Waals surface area contributed by atoms with Crippen LogP contribution in [0.4, 0.5) is 0 Å². The van der Waals surface area contributed by atoms with Crippen molar-refractivity contribution in [1.29, 1.82) is 0 Å². The third-order valence-electron chi connectivity index (χ3n) is 1.83. The van der Waals surface area contributed by atoms with Crippen LogP contribution in [0.1, 0.15) is 4.88 Å². The van der Waals surface area contributed by atoms with Crippen molar-refractivity contribution < 1.29 is 0 Å². The first-order valence-corrected chi connectivity index (χ1v) is 4.52. The van der Waals surface area contributed by atoms with Crippen LogP contribution < -0.4 is 0 Å². The quantitative estimate of drug-likeness (QED) is 0.519. The molecular formula is C10H9S+. The zero-order valence-electron chi connectivity index (χ0n) is 6.37. The first kappa shape index (κ1) is 6.74. The van der Waals surface area contributed by atoms with Crippen molar-refractivity contribution in [2.24, 2.45) is 0 Å². The van der Waals surface area contributed by atoms with Gasteiger partial charge < -0.3 is 0 Å². The first-order chi connectivity index (χ1) is 5.38. The molecule has 0 aliphatic rings. The van der Waals surface area contributed by atoms with E-state index in [2.05, 4.69) is 42.6 Å². The number of hydrogen-bond acceptors (Lipinski definition) is 0. The lowest BCUT2D eigenvalue weighted by Crippen LogP contribution is -1.72. The maximum Gasteiger partial charge on any atom is 0.215 e. The zero-order chi connectivity index (χ0) is 7.68. The maximum absolute atomic E-state index is 2.17. The smallest absolute Gasteiger partial charge is 0.0616 e. The lowest BCUT2D eigenvalue weighted by atomic mass is 10.2. The molecule has 1 heteroatoms. The summed E-state index contributed by atoms with van der Waals surface area (Å²) in [5, 5.41) is 4.85. The molecule has 0 fully saturated rings. The Hall–Kier alpha value is -0.950. The molecule has 0 spiro atoms. The highest BCUT2D eigenvalue weighted by Gasteiger charge is 2.03. The first-order valence-electron chi connectivity index (χ1n) is 3.64. The summed E-state index contributed by atoms with van der Waals surface area (Å²) in [4.78, 5) is 1.39. The molecule has 0 aliphatic carbocycles. The van der Waals surface area contributed by atoms with E-state index >= 15 is 0 Å². The minimum atomic E-state index is 1.34. The molecule has 0 unspecified atom stereocenters. The minimum Gasteiger partial charge on any atom is -0.0616 e. The van der Waals surface area contributed by atoms with Gasteiger partial charge in [-0.05, 0) is 11.5 Å². The molecule has 1 aromatic heterocycles. The van der Waals surface area contributed by atoms with Crippen LogP contribution >= 0.6 is 11.3 Å². The number of fused-ring (bicyclic) bond motifs is 1. The molecule has 0 saturated carbocycles. The van der Waals surface area contributed by atoms with Gasteiger partial charge in [-0.3, -0.25) is 0 Å². The Morgan fingerprint density at radius 2 is 1.91 bits per heavy atom. The highest BCUT2D eigenvalue weighted by atomic mass is 32.1. The van der Waals surface area contributed by atoms with Gasteiger partial charge in [0.25, 0.3) is 0 Å². The summed E-state index contributed by atoms with van der Waals surface area (Å²) in [6, 6.07) is 10.6. The third kappa shape index (κ3) is 1.12. The monoisotopic (exact) mass is 161 g/mol. The molecule has 0 N–H and O–H groups in total. The van der Waals surface area contributed by atoms with E-state index in [4.69, 9.17) is 0 Å². The molecule has 11 heavy (non-hydrogen) atoms. The fourth-order valence-corrected chi connectivity index (χ4v) is 1.97. The number of benzene rings is 1. The normalized spacial score (nSPS) is 10.3. The second-order valence-electron chi connectivity index (χ2n) is 2.56. The van der Waals surface area contributed by atoms with Gasteiger partial charge in [0.2, 0.25) is 16.2 Å². The molecule has 0 nitrogen and oxygen atoms in total. The second-order valence-corrected chi connectivity index (χ2v) is 3.68. The summed E-state index contributed by atoms with van der Waals surface area (Å²) >= 11 is 1.80. The Morgan fingerprint density at radius 3 is 2.73 bits per heavy atom. The fourth-order valence-electron chi connectivity index (χ4n) is 1.24. The highest BCUT2D eigenvalue weighted by Crippen LogP contribution is 2.20. The van der Waals surface area contributed by atoms with Crippen molar-refractivity contribution in [3.8, 4) is 0 Å².